The summed E-state index contributed by atoms with van der Waals surface area (Å²) in [6.07, 6.45) is 0.471. The number of nitrogens with zero attached hydrogens (tertiary/aromatic N) is 1. The number of halogens is 1. The van der Waals surface area contributed by atoms with Crippen LogP contribution in [0.25, 0.3) is 0 Å². The quantitative estimate of drug-likeness (QED) is 0.438. The minimum absolute atomic E-state index is 0.173. The fraction of sp³-hybridized carbons (Fsp3) is 0.192. The van der Waals surface area contributed by atoms with Crippen LogP contribution in [0.5, 0.6) is 0 Å². The number of hydrogen-bond acceptors (Lipinski definition) is 4. The lowest BCUT2D eigenvalue weighted by Crippen LogP contribution is -2.31. The number of ether oxygens (including phenoxy) is 1. The van der Waals surface area contributed by atoms with Gasteiger partial charge in [0.05, 0.1) is 18.0 Å². The standard InChI is InChI=1S/C26H25ClN4O3/c1-34-14-13-28-26(33)29-20-10-7-18(8-11-20)24-21-16-19(27)9-12-22(21)31-25(32)23(30-24)15-17-5-3-2-4-6-17/h2-12,16,23H,13-15H2,1H3,(H,31,32)(H2,28,29,33). The van der Waals surface area contributed by atoms with Crippen LogP contribution < -0.4 is 16.0 Å². The van der Waals surface area contributed by atoms with E-state index in [1.807, 2.05) is 42.5 Å². The Morgan fingerprint density at radius 1 is 1.09 bits per heavy atom. The molecule has 3 N–H and O–H groups in total. The van der Waals surface area contributed by atoms with Crippen LogP contribution in [-0.2, 0) is 16.0 Å². The van der Waals surface area contributed by atoms with Crippen molar-refractivity contribution in [2.24, 2.45) is 4.99 Å². The first kappa shape index (κ1) is 23.5. The number of urea groups is 1. The van der Waals surface area contributed by atoms with Crippen LogP contribution in [0.2, 0.25) is 5.02 Å². The topological polar surface area (TPSA) is 91.8 Å². The third-order valence-corrected chi connectivity index (χ3v) is 5.60. The zero-order chi connectivity index (χ0) is 23.9. The van der Waals surface area contributed by atoms with Crippen molar-refractivity contribution in [3.05, 3.63) is 94.5 Å². The van der Waals surface area contributed by atoms with Gasteiger partial charge >= 0.3 is 6.03 Å². The molecule has 0 radical (unpaired) electrons. The van der Waals surface area contributed by atoms with Crippen molar-refractivity contribution >= 4 is 40.6 Å². The second-order valence-corrected chi connectivity index (χ2v) is 8.25. The van der Waals surface area contributed by atoms with Crippen LogP contribution in [0, 0.1) is 0 Å². The summed E-state index contributed by atoms with van der Waals surface area (Å²) in [5.41, 5.74) is 4.53. The number of carbonyl (C=O) groups is 2. The third-order valence-electron chi connectivity index (χ3n) is 5.36. The van der Waals surface area contributed by atoms with Gasteiger partial charge in [0.25, 0.3) is 0 Å². The first-order valence-electron chi connectivity index (χ1n) is 10.9. The van der Waals surface area contributed by atoms with E-state index in [2.05, 4.69) is 16.0 Å². The zero-order valence-electron chi connectivity index (χ0n) is 18.7. The minimum atomic E-state index is -0.604. The fourth-order valence-corrected chi connectivity index (χ4v) is 3.85. The molecular weight excluding hydrogens is 452 g/mol. The van der Waals surface area contributed by atoms with Gasteiger partial charge in [-0.05, 0) is 35.9 Å². The average Bonchev–Trinajstić information content (AvgIpc) is 2.97. The number of benzodiazepines with no additional fused rings is 1. The predicted octanol–water partition coefficient (Wildman–Crippen LogP) is 4.51. The number of nitrogens with one attached hydrogen (secondary N) is 3. The summed E-state index contributed by atoms with van der Waals surface area (Å²) < 4.78 is 4.93. The van der Waals surface area contributed by atoms with Crippen LogP contribution in [0.1, 0.15) is 16.7 Å². The smallest absolute Gasteiger partial charge is 0.319 e. The van der Waals surface area contributed by atoms with Crippen LogP contribution in [-0.4, -0.2) is 44.0 Å². The Labute approximate surface area is 203 Å². The van der Waals surface area contributed by atoms with Crippen LogP contribution in [0.4, 0.5) is 16.2 Å². The molecule has 34 heavy (non-hydrogen) atoms. The van der Waals surface area contributed by atoms with E-state index in [-0.39, 0.29) is 11.9 Å². The number of fused-ring (bicyclic) bond motifs is 1. The maximum atomic E-state index is 13.0. The van der Waals surface area contributed by atoms with Crippen LogP contribution in [0.3, 0.4) is 0 Å². The molecule has 3 amide bonds. The number of anilines is 2. The van der Waals surface area contributed by atoms with Gasteiger partial charge in [-0.1, -0.05) is 54.1 Å². The van der Waals surface area contributed by atoms with Gasteiger partial charge in [0.2, 0.25) is 5.91 Å². The lowest BCUT2D eigenvalue weighted by Gasteiger charge is -2.12. The normalized spacial score (nSPS) is 14.9. The third kappa shape index (κ3) is 5.81. The van der Waals surface area contributed by atoms with Gasteiger partial charge in [-0.25, -0.2) is 4.79 Å². The highest BCUT2D eigenvalue weighted by Crippen LogP contribution is 2.28. The first-order chi connectivity index (χ1) is 16.5. The molecule has 3 aromatic carbocycles. The summed E-state index contributed by atoms with van der Waals surface area (Å²) in [5, 5.41) is 9.04. The Morgan fingerprint density at radius 2 is 1.85 bits per heavy atom. The van der Waals surface area contributed by atoms with Gasteiger partial charge in [-0.15, -0.1) is 0 Å². The number of aliphatic imine (C=N–C) groups is 1. The Bertz CT molecular complexity index is 1200. The van der Waals surface area contributed by atoms with Gasteiger partial charge in [0.1, 0.15) is 6.04 Å². The second-order valence-electron chi connectivity index (χ2n) is 7.81. The molecule has 1 atom stereocenters. The summed E-state index contributed by atoms with van der Waals surface area (Å²) >= 11 is 6.29. The molecule has 1 unspecified atom stereocenters. The molecule has 0 aliphatic carbocycles. The molecular formula is C26H25ClN4O3. The van der Waals surface area contributed by atoms with E-state index >= 15 is 0 Å². The summed E-state index contributed by atoms with van der Waals surface area (Å²) in [7, 11) is 1.58. The number of benzene rings is 3. The van der Waals surface area contributed by atoms with Gasteiger partial charge in [-0.3, -0.25) is 9.79 Å². The molecule has 8 heteroatoms. The SMILES string of the molecule is COCCNC(=O)Nc1ccc(C2=NC(Cc3ccccc3)C(=O)Nc3ccc(Cl)cc32)cc1. The first-order valence-corrected chi connectivity index (χ1v) is 11.3. The Hall–Kier alpha value is -3.68. The van der Waals surface area contributed by atoms with Gasteiger partial charge in [0.15, 0.2) is 0 Å². The summed E-state index contributed by atoms with van der Waals surface area (Å²) in [6.45, 7) is 0.851. The van der Waals surface area contributed by atoms with E-state index in [4.69, 9.17) is 21.3 Å². The molecule has 3 aromatic rings. The molecule has 174 valence electrons. The Kier molecular flexibility index (Phi) is 7.57. The summed E-state index contributed by atoms with van der Waals surface area (Å²) in [4.78, 5) is 29.9. The molecule has 1 aliphatic heterocycles. The summed E-state index contributed by atoms with van der Waals surface area (Å²) in [6, 6.07) is 21.5. The molecule has 1 heterocycles. The molecule has 7 nitrogen and oxygen atoms in total. The number of hydrogen-bond donors (Lipinski definition) is 3. The second kappa shape index (κ2) is 11.0. The van der Waals surface area contributed by atoms with E-state index in [0.29, 0.717) is 41.7 Å². The monoisotopic (exact) mass is 476 g/mol. The molecule has 0 spiro atoms. The van der Waals surface area contributed by atoms with Crippen molar-refractivity contribution in [1.82, 2.24) is 5.32 Å². The Morgan fingerprint density at radius 3 is 2.59 bits per heavy atom. The lowest BCUT2D eigenvalue weighted by atomic mass is 10.00. The molecule has 1 aliphatic rings. The van der Waals surface area contributed by atoms with Crippen molar-refractivity contribution < 1.29 is 14.3 Å². The highest BCUT2D eigenvalue weighted by Gasteiger charge is 2.26. The predicted molar refractivity (Wildman–Crippen MR) is 135 cm³/mol. The average molecular weight is 477 g/mol. The number of amides is 3. The molecule has 0 fully saturated rings. The van der Waals surface area contributed by atoms with E-state index in [1.54, 1.807) is 37.4 Å². The van der Waals surface area contributed by atoms with E-state index in [1.165, 1.54) is 0 Å². The number of carbonyl (C=O) groups excluding carboxylic acids is 2. The van der Waals surface area contributed by atoms with Crippen molar-refractivity contribution in [2.45, 2.75) is 12.5 Å². The molecule has 0 saturated carbocycles. The van der Waals surface area contributed by atoms with Crippen molar-refractivity contribution in [2.75, 3.05) is 30.9 Å². The lowest BCUT2D eigenvalue weighted by molar-refractivity contribution is -0.117. The fourth-order valence-electron chi connectivity index (χ4n) is 3.68. The Balaban J connectivity index is 1.64. The van der Waals surface area contributed by atoms with Crippen LogP contribution in [0.15, 0.2) is 77.8 Å². The number of rotatable bonds is 7. The molecule has 0 aromatic heterocycles. The van der Waals surface area contributed by atoms with Crippen molar-refractivity contribution in [1.29, 1.82) is 0 Å². The molecule has 0 bridgehead atoms. The molecule has 0 saturated heterocycles. The summed E-state index contributed by atoms with van der Waals surface area (Å²) in [5.74, 6) is -0.173. The maximum Gasteiger partial charge on any atom is 0.319 e. The zero-order valence-corrected chi connectivity index (χ0v) is 19.4. The number of methoxy groups -OCH3 is 1. The maximum absolute atomic E-state index is 13.0. The van der Waals surface area contributed by atoms with Crippen molar-refractivity contribution in [3.63, 3.8) is 0 Å². The van der Waals surface area contributed by atoms with E-state index in [0.717, 1.165) is 16.7 Å². The molecule has 4 rings (SSSR count). The van der Waals surface area contributed by atoms with Crippen molar-refractivity contribution in [3.8, 4) is 0 Å². The highest BCUT2D eigenvalue weighted by atomic mass is 35.5. The highest BCUT2D eigenvalue weighted by molar-refractivity contribution is 6.32. The largest absolute Gasteiger partial charge is 0.383 e. The van der Waals surface area contributed by atoms with Gasteiger partial charge in [0, 0.05) is 41.9 Å². The van der Waals surface area contributed by atoms with E-state index < -0.39 is 6.04 Å². The van der Waals surface area contributed by atoms with Gasteiger partial charge < -0.3 is 20.7 Å². The van der Waals surface area contributed by atoms with Crippen LogP contribution >= 0.6 is 11.6 Å². The van der Waals surface area contributed by atoms with E-state index in [9.17, 15) is 9.59 Å². The minimum Gasteiger partial charge on any atom is -0.383 e. The van der Waals surface area contributed by atoms with Gasteiger partial charge in [-0.2, -0.15) is 0 Å².